The van der Waals surface area contributed by atoms with E-state index >= 15 is 0 Å². The molecule has 2 amide bonds. The Kier molecular flexibility index (Phi) is 7.29. The number of nitrogens with two attached hydrogens (primary N) is 1. The predicted molar refractivity (Wildman–Crippen MR) is 146 cm³/mol. The zero-order valence-electron chi connectivity index (χ0n) is 21.1. The van der Waals surface area contributed by atoms with E-state index in [9.17, 15) is 14.8 Å². The molecule has 0 radical (unpaired) electrons. The van der Waals surface area contributed by atoms with Crippen LogP contribution in [0.25, 0.3) is 11.0 Å². The second-order valence-electron chi connectivity index (χ2n) is 9.90. The molecule has 38 heavy (non-hydrogen) atoms. The molecule has 2 N–H and O–H groups in total. The van der Waals surface area contributed by atoms with Gasteiger partial charge in [0.05, 0.1) is 12.5 Å². The van der Waals surface area contributed by atoms with Crippen LogP contribution in [0.15, 0.2) is 72.8 Å². The fourth-order valence-corrected chi connectivity index (χ4v) is 5.05. The number of primary amides is 1. The van der Waals surface area contributed by atoms with Crippen LogP contribution in [-0.4, -0.2) is 28.2 Å². The summed E-state index contributed by atoms with van der Waals surface area (Å²) in [5.74, 6) is -0.613. The topological polar surface area (TPSA) is 103 Å². The van der Waals surface area contributed by atoms with E-state index in [4.69, 9.17) is 22.3 Å². The molecule has 194 valence electrons. The minimum Gasteiger partial charge on any atom is -0.618 e. The lowest BCUT2D eigenvalue weighted by atomic mass is 9.98. The number of carbonyl (C=O) groups is 2. The molecule has 0 spiro atoms. The van der Waals surface area contributed by atoms with Crippen LogP contribution in [0.1, 0.15) is 58.2 Å². The van der Waals surface area contributed by atoms with Gasteiger partial charge in [0.15, 0.2) is 0 Å². The highest BCUT2D eigenvalue weighted by atomic mass is 35.5. The van der Waals surface area contributed by atoms with Gasteiger partial charge < -0.3 is 15.8 Å². The van der Waals surface area contributed by atoms with Crippen molar-refractivity contribution in [2.24, 2.45) is 11.7 Å². The molecule has 1 atom stereocenters. The second kappa shape index (κ2) is 10.8. The quantitative estimate of drug-likeness (QED) is 0.247. The number of rotatable bonds is 9. The minimum absolute atomic E-state index is 0.00558. The Morgan fingerprint density at radius 3 is 2.47 bits per heavy atom. The van der Waals surface area contributed by atoms with E-state index in [2.05, 4.69) is 0 Å². The van der Waals surface area contributed by atoms with E-state index in [0.717, 1.165) is 28.7 Å². The molecule has 1 aliphatic carbocycles. The van der Waals surface area contributed by atoms with Crippen LogP contribution in [0.2, 0.25) is 5.02 Å². The Balaban J connectivity index is 1.68. The maximum Gasteiger partial charge on any atom is 0.254 e. The van der Waals surface area contributed by atoms with Crippen LogP contribution in [0.4, 0.5) is 0 Å². The zero-order chi connectivity index (χ0) is 26.8. The summed E-state index contributed by atoms with van der Waals surface area (Å²) < 4.78 is 0.916. The Bertz CT molecular complexity index is 1490. The molecular weight excluding hydrogens is 500 g/mol. The number of hydrogen-bond donors (Lipinski definition) is 1. The lowest BCUT2D eigenvalue weighted by Gasteiger charge is -2.32. The summed E-state index contributed by atoms with van der Waals surface area (Å²) in [6.07, 6.45) is 2.12. The first-order valence-electron chi connectivity index (χ1n) is 12.7. The van der Waals surface area contributed by atoms with Crippen molar-refractivity contribution in [3.63, 3.8) is 0 Å². The molecular formula is C30H29ClN4O3. The Hall–Kier alpha value is -3.97. The molecule has 7 nitrogen and oxygen atoms in total. The van der Waals surface area contributed by atoms with Crippen LogP contribution in [0, 0.1) is 18.0 Å². The summed E-state index contributed by atoms with van der Waals surface area (Å²) in [7, 11) is 0. The van der Waals surface area contributed by atoms with E-state index in [1.54, 1.807) is 35.2 Å². The number of hydrogen-bond acceptors (Lipinski definition) is 4. The van der Waals surface area contributed by atoms with Gasteiger partial charge in [0.25, 0.3) is 5.91 Å². The number of halogens is 1. The number of benzene rings is 3. The minimum atomic E-state index is -0.497. The van der Waals surface area contributed by atoms with Gasteiger partial charge in [0, 0.05) is 29.6 Å². The molecule has 1 unspecified atom stereocenters. The van der Waals surface area contributed by atoms with Crippen molar-refractivity contribution in [2.45, 2.75) is 38.6 Å². The third-order valence-corrected chi connectivity index (χ3v) is 7.23. The second-order valence-corrected chi connectivity index (χ2v) is 10.3. The maximum atomic E-state index is 13.9. The molecule has 3 aromatic carbocycles. The van der Waals surface area contributed by atoms with Gasteiger partial charge in [-0.1, -0.05) is 59.6 Å². The Morgan fingerprint density at radius 2 is 1.82 bits per heavy atom. The molecule has 4 aromatic rings. The fourth-order valence-electron chi connectivity index (χ4n) is 4.89. The van der Waals surface area contributed by atoms with Crippen molar-refractivity contribution in [1.29, 1.82) is 0 Å². The molecule has 0 aliphatic heterocycles. The van der Waals surface area contributed by atoms with Crippen LogP contribution < -0.4 is 10.5 Å². The summed E-state index contributed by atoms with van der Waals surface area (Å²) in [4.78, 5) is 32.4. The van der Waals surface area contributed by atoms with Crippen molar-refractivity contribution in [2.75, 3.05) is 6.54 Å². The van der Waals surface area contributed by atoms with E-state index in [1.165, 1.54) is 0 Å². The van der Waals surface area contributed by atoms with Crippen molar-refractivity contribution >= 4 is 34.4 Å². The van der Waals surface area contributed by atoms with E-state index in [1.807, 2.05) is 49.4 Å². The van der Waals surface area contributed by atoms with E-state index < -0.39 is 11.9 Å². The van der Waals surface area contributed by atoms with Crippen molar-refractivity contribution in [3.05, 3.63) is 111 Å². The van der Waals surface area contributed by atoms with Crippen molar-refractivity contribution in [1.82, 2.24) is 9.88 Å². The van der Waals surface area contributed by atoms with Gasteiger partial charge in [-0.15, -0.1) is 0 Å². The number of carbonyl (C=O) groups excluding carboxylic acids is 2. The molecule has 0 bridgehead atoms. The van der Waals surface area contributed by atoms with Crippen LogP contribution in [-0.2, 0) is 11.2 Å². The normalized spacial score (nSPS) is 13.8. The number of aromatic nitrogens is 2. The molecule has 1 aliphatic rings. The predicted octanol–water partition coefficient (Wildman–Crippen LogP) is 4.89. The number of aryl methyl sites for hydroxylation is 1. The lowest BCUT2D eigenvalue weighted by molar-refractivity contribution is -0.586. The molecule has 5 rings (SSSR count). The largest absolute Gasteiger partial charge is 0.618 e. The van der Waals surface area contributed by atoms with Crippen molar-refractivity contribution in [3.8, 4) is 0 Å². The van der Waals surface area contributed by atoms with E-state index in [-0.39, 0.29) is 24.8 Å². The van der Waals surface area contributed by atoms with Crippen LogP contribution in [0.5, 0.6) is 0 Å². The van der Waals surface area contributed by atoms with Crippen LogP contribution >= 0.6 is 11.6 Å². The summed E-state index contributed by atoms with van der Waals surface area (Å²) in [5, 5.41) is 14.3. The lowest BCUT2D eigenvalue weighted by Crippen LogP contribution is -2.42. The maximum absolute atomic E-state index is 13.9. The third-order valence-electron chi connectivity index (χ3n) is 7.00. The molecule has 8 heteroatoms. The Labute approximate surface area is 226 Å². The summed E-state index contributed by atoms with van der Waals surface area (Å²) in [6.45, 7) is 2.08. The van der Waals surface area contributed by atoms with Gasteiger partial charge in [0.2, 0.25) is 17.1 Å². The fraction of sp³-hybridized carbons (Fsp3) is 0.267. The Morgan fingerprint density at radius 1 is 1.11 bits per heavy atom. The highest BCUT2D eigenvalue weighted by molar-refractivity contribution is 6.31. The number of fused-ring (bicyclic) bond motifs is 1. The van der Waals surface area contributed by atoms with Gasteiger partial charge in [-0.05, 0) is 55.5 Å². The highest BCUT2D eigenvalue weighted by Crippen LogP contribution is 2.45. The first kappa shape index (κ1) is 25.7. The summed E-state index contributed by atoms with van der Waals surface area (Å²) in [5.41, 5.74) is 9.90. The number of nitrogens with zero attached hydrogens (tertiary/aromatic N) is 3. The van der Waals surface area contributed by atoms with Gasteiger partial charge in [-0.25, -0.2) is 4.98 Å². The standard InChI is InChI=1S/C30H29ClN4O3/c1-19-7-9-22(10-8-19)30(37)34(16-15-27(32)36)29(21-11-12-21)28-26(17-20-5-3-2-4-6-20)35(38)25-14-13-23(31)18-24(25)33-28/h2-10,13-14,18,21,29H,11-12,15-17H2,1H3,(H2,32,36). The SMILES string of the molecule is Cc1ccc(C(=O)N(CCC(N)=O)C(c2nc3cc(Cl)ccc3[n+]([O-])c2Cc2ccccc2)C2CC2)cc1. The number of amides is 2. The van der Waals surface area contributed by atoms with Crippen LogP contribution in [0.3, 0.4) is 0 Å². The third kappa shape index (κ3) is 5.48. The van der Waals surface area contributed by atoms with Gasteiger partial charge in [-0.3, -0.25) is 9.59 Å². The first-order chi connectivity index (χ1) is 18.3. The smallest absolute Gasteiger partial charge is 0.254 e. The monoisotopic (exact) mass is 528 g/mol. The first-order valence-corrected chi connectivity index (χ1v) is 13.1. The highest BCUT2D eigenvalue weighted by Gasteiger charge is 2.43. The average Bonchev–Trinajstić information content (AvgIpc) is 3.74. The van der Waals surface area contributed by atoms with Gasteiger partial charge >= 0.3 is 0 Å². The summed E-state index contributed by atoms with van der Waals surface area (Å²) >= 11 is 6.27. The summed E-state index contributed by atoms with van der Waals surface area (Å²) in [6, 6.07) is 21.6. The van der Waals surface area contributed by atoms with Gasteiger partial charge in [0.1, 0.15) is 11.2 Å². The zero-order valence-corrected chi connectivity index (χ0v) is 21.9. The molecule has 1 aromatic heterocycles. The average molecular weight is 529 g/mol. The van der Waals surface area contributed by atoms with E-state index in [0.29, 0.717) is 39.4 Å². The van der Waals surface area contributed by atoms with Gasteiger partial charge in [-0.2, -0.15) is 4.73 Å². The molecule has 1 saturated carbocycles. The van der Waals surface area contributed by atoms with Crippen molar-refractivity contribution < 1.29 is 14.3 Å². The molecule has 1 heterocycles. The molecule has 1 fully saturated rings. The molecule has 0 saturated heterocycles.